The molecule has 0 atom stereocenters. The summed E-state index contributed by atoms with van der Waals surface area (Å²) in [6.07, 6.45) is 1.04. The fourth-order valence-corrected chi connectivity index (χ4v) is 1.44. The summed E-state index contributed by atoms with van der Waals surface area (Å²) >= 11 is 0. The molecule has 1 N–H and O–H groups in total. The molecule has 0 amide bonds. The van der Waals surface area contributed by atoms with Gasteiger partial charge < -0.3 is 9.84 Å². The van der Waals surface area contributed by atoms with Crippen molar-refractivity contribution in [1.29, 1.82) is 0 Å². The maximum atomic E-state index is 9.17. The van der Waals surface area contributed by atoms with Crippen molar-refractivity contribution in [3.8, 4) is 5.75 Å². The minimum absolute atomic E-state index is 0.0404. The van der Waals surface area contributed by atoms with Crippen LogP contribution in [0.4, 0.5) is 0 Å². The van der Waals surface area contributed by atoms with Crippen LogP contribution in [0.15, 0.2) is 18.2 Å². The van der Waals surface area contributed by atoms with Crippen molar-refractivity contribution in [3.05, 3.63) is 29.3 Å². The topological polar surface area (TPSA) is 29.5 Å². The standard InChI is InChI=1S/C13H20O2/c1-10(2)7-8-15-13-11(3)5-4-6-12(13)9-14/h4-6,10,14H,7-9H2,1-3H3. The molecule has 15 heavy (non-hydrogen) atoms. The Morgan fingerprint density at radius 1 is 1.33 bits per heavy atom. The summed E-state index contributed by atoms with van der Waals surface area (Å²) in [5, 5.41) is 9.17. The number of hydrogen-bond donors (Lipinski definition) is 1. The molecule has 0 spiro atoms. The average molecular weight is 208 g/mol. The van der Waals surface area contributed by atoms with Gasteiger partial charge in [-0.3, -0.25) is 0 Å². The number of benzene rings is 1. The molecule has 84 valence electrons. The van der Waals surface area contributed by atoms with Gasteiger partial charge in [0.15, 0.2) is 0 Å². The molecule has 0 aliphatic carbocycles. The van der Waals surface area contributed by atoms with Crippen molar-refractivity contribution in [3.63, 3.8) is 0 Å². The van der Waals surface area contributed by atoms with Crippen molar-refractivity contribution in [1.82, 2.24) is 0 Å². The van der Waals surface area contributed by atoms with Crippen LogP contribution in [0.3, 0.4) is 0 Å². The Hall–Kier alpha value is -1.02. The van der Waals surface area contributed by atoms with Crippen LogP contribution < -0.4 is 4.74 Å². The maximum absolute atomic E-state index is 9.17. The van der Waals surface area contributed by atoms with Crippen LogP contribution in [0.2, 0.25) is 0 Å². The average Bonchev–Trinajstić information content (AvgIpc) is 2.20. The van der Waals surface area contributed by atoms with E-state index < -0.39 is 0 Å². The highest BCUT2D eigenvalue weighted by molar-refractivity contribution is 5.40. The lowest BCUT2D eigenvalue weighted by atomic mass is 10.1. The van der Waals surface area contributed by atoms with Gasteiger partial charge in [-0.25, -0.2) is 0 Å². The van der Waals surface area contributed by atoms with Gasteiger partial charge in [0.2, 0.25) is 0 Å². The number of hydrogen-bond acceptors (Lipinski definition) is 2. The molecule has 0 bridgehead atoms. The molecule has 0 saturated carbocycles. The number of aliphatic hydroxyl groups excluding tert-OH is 1. The van der Waals surface area contributed by atoms with Gasteiger partial charge in [0.05, 0.1) is 13.2 Å². The van der Waals surface area contributed by atoms with E-state index in [9.17, 15) is 5.11 Å². The maximum Gasteiger partial charge on any atom is 0.127 e. The van der Waals surface area contributed by atoms with Crippen LogP contribution in [0.1, 0.15) is 31.4 Å². The zero-order chi connectivity index (χ0) is 11.3. The first kappa shape index (κ1) is 12.1. The van der Waals surface area contributed by atoms with Crippen molar-refractivity contribution < 1.29 is 9.84 Å². The zero-order valence-corrected chi connectivity index (χ0v) is 9.79. The van der Waals surface area contributed by atoms with Crippen molar-refractivity contribution >= 4 is 0 Å². The summed E-state index contributed by atoms with van der Waals surface area (Å²) in [6.45, 7) is 7.11. The van der Waals surface area contributed by atoms with Crippen LogP contribution >= 0.6 is 0 Å². The molecule has 1 aromatic carbocycles. The SMILES string of the molecule is Cc1cccc(CO)c1OCCC(C)C. The van der Waals surface area contributed by atoms with Crippen molar-refractivity contribution in [2.24, 2.45) is 5.92 Å². The quantitative estimate of drug-likeness (QED) is 0.806. The molecule has 0 unspecified atom stereocenters. The molecule has 0 aromatic heterocycles. The van der Waals surface area contributed by atoms with E-state index in [0.29, 0.717) is 5.92 Å². The Morgan fingerprint density at radius 2 is 2.07 bits per heavy atom. The number of para-hydroxylation sites is 1. The Bertz CT molecular complexity index is 305. The first-order chi connectivity index (χ1) is 7.15. The second-order valence-electron chi connectivity index (χ2n) is 4.25. The van der Waals surface area contributed by atoms with Gasteiger partial charge in [-0.2, -0.15) is 0 Å². The van der Waals surface area contributed by atoms with E-state index in [2.05, 4.69) is 13.8 Å². The fraction of sp³-hybridized carbons (Fsp3) is 0.538. The molecule has 1 rings (SSSR count). The number of rotatable bonds is 5. The lowest BCUT2D eigenvalue weighted by Gasteiger charge is -2.13. The highest BCUT2D eigenvalue weighted by Gasteiger charge is 2.05. The molecule has 0 heterocycles. The Morgan fingerprint density at radius 3 is 2.67 bits per heavy atom. The lowest BCUT2D eigenvalue weighted by molar-refractivity contribution is 0.254. The van der Waals surface area contributed by atoms with Crippen LogP contribution in [-0.4, -0.2) is 11.7 Å². The summed E-state index contributed by atoms with van der Waals surface area (Å²) in [6, 6.07) is 5.85. The third kappa shape index (κ3) is 3.56. The predicted octanol–water partition coefficient (Wildman–Crippen LogP) is 2.91. The number of ether oxygens (including phenoxy) is 1. The molecule has 1 aromatic rings. The van der Waals surface area contributed by atoms with E-state index in [1.165, 1.54) is 0 Å². The van der Waals surface area contributed by atoms with Gasteiger partial charge in [0, 0.05) is 5.56 Å². The number of aliphatic hydroxyl groups is 1. The molecular formula is C13H20O2. The summed E-state index contributed by atoms with van der Waals surface area (Å²) in [4.78, 5) is 0. The van der Waals surface area contributed by atoms with Crippen LogP contribution in [0.5, 0.6) is 5.75 Å². The van der Waals surface area contributed by atoms with Crippen LogP contribution in [-0.2, 0) is 6.61 Å². The van der Waals surface area contributed by atoms with Crippen molar-refractivity contribution in [2.45, 2.75) is 33.8 Å². The molecule has 0 fully saturated rings. The first-order valence-corrected chi connectivity index (χ1v) is 5.47. The lowest BCUT2D eigenvalue weighted by Crippen LogP contribution is -2.04. The van der Waals surface area contributed by atoms with Gasteiger partial charge in [-0.1, -0.05) is 32.0 Å². The summed E-state index contributed by atoms with van der Waals surface area (Å²) in [5.41, 5.74) is 1.96. The van der Waals surface area contributed by atoms with Gasteiger partial charge in [0.25, 0.3) is 0 Å². The molecule has 2 heteroatoms. The van der Waals surface area contributed by atoms with Crippen molar-refractivity contribution in [2.75, 3.05) is 6.61 Å². The highest BCUT2D eigenvalue weighted by atomic mass is 16.5. The summed E-state index contributed by atoms with van der Waals surface area (Å²) in [5.74, 6) is 1.49. The minimum atomic E-state index is 0.0404. The van der Waals surface area contributed by atoms with E-state index in [1.807, 2.05) is 25.1 Å². The van der Waals surface area contributed by atoms with E-state index in [4.69, 9.17) is 4.74 Å². The van der Waals surface area contributed by atoms with E-state index in [-0.39, 0.29) is 6.61 Å². The number of aryl methyl sites for hydroxylation is 1. The molecule has 0 aliphatic rings. The third-order valence-corrected chi connectivity index (χ3v) is 2.41. The molecule has 0 saturated heterocycles. The van der Waals surface area contributed by atoms with Gasteiger partial charge in [-0.05, 0) is 24.8 Å². The predicted molar refractivity (Wildman–Crippen MR) is 62.1 cm³/mol. The first-order valence-electron chi connectivity index (χ1n) is 5.47. The van der Waals surface area contributed by atoms with E-state index in [1.54, 1.807) is 0 Å². The summed E-state index contributed by atoms with van der Waals surface area (Å²) < 4.78 is 5.71. The molecule has 0 aliphatic heterocycles. The van der Waals surface area contributed by atoms with Gasteiger partial charge in [0.1, 0.15) is 5.75 Å². The highest BCUT2D eigenvalue weighted by Crippen LogP contribution is 2.23. The van der Waals surface area contributed by atoms with Crippen LogP contribution in [0.25, 0.3) is 0 Å². The Kier molecular flexibility index (Phi) is 4.63. The normalized spacial score (nSPS) is 10.7. The van der Waals surface area contributed by atoms with E-state index in [0.717, 1.165) is 29.9 Å². The van der Waals surface area contributed by atoms with Gasteiger partial charge >= 0.3 is 0 Å². The molecule has 0 radical (unpaired) electrons. The zero-order valence-electron chi connectivity index (χ0n) is 9.79. The summed E-state index contributed by atoms with van der Waals surface area (Å²) in [7, 11) is 0. The van der Waals surface area contributed by atoms with Crippen LogP contribution in [0, 0.1) is 12.8 Å². The minimum Gasteiger partial charge on any atom is -0.493 e. The molecule has 2 nitrogen and oxygen atoms in total. The fourth-order valence-electron chi connectivity index (χ4n) is 1.44. The largest absolute Gasteiger partial charge is 0.493 e. The second-order valence-corrected chi connectivity index (χ2v) is 4.25. The smallest absolute Gasteiger partial charge is 0.127 e. The third-order valence-electron chi connectivity index (χ3n) is 2.41. The molecular weight excluding hydrogens is 188 g/mol. The monoisotopic (exact) mass is 208 g/mol. The van der Waals surface area contributed by atoms with Gasteiger partial charge in [-0.15, -0.1) is 0 Å². The van der Waals surface area contributed by atoms with E-state index >= 15 is 0 Å². The Labute approximate surface area is 91.9 Å². The Balaban J connectivity index is 2.66. The second kappa shape index (κ2) is 5.76.